The van der Waals surface area contributed by atoms with Crippen LogP contribution < -0.4 is 5.32 Å². The van der Waals surface area contributed by atoms with Crippen LogP contribution in [0.2, 0.25) is 0 Å². The Balaban J connectivity index is 1.30. The predicted octanol–water partition coefficient (Wildman–Crippen LogP) is 4.79. The number of aromatic nitrogens is 4. The molecule has 0 bridgehead atoms. The summed E-state index contributed by atoms with van der Waals surface area (Å²) in [6.45, 7) is 3.71. The Morgan fingerprint density at radius 3 is 2.72 bits per heavy atom. The zero-order chi connectivity index (χ0) is 24.9. The van der Waals surface area contributed by atoms with Gasteiger partial charge < -0.3 is 19.5 Å². The third kappa shape index (κ3) is 4.27. The van der Waals surface area contributed by atoms with E-state index in [1.54, 1.807) is 41.2 Å². The van der Waals surface area contributed by atoms with Gasteiger partial charge in [-0.05, 0) is 32.8 Å². The number of hydrogen-bond donors (Lipinski definition) is 1. The van der Waals surface area contributed by atoms with Gasteiger partial charge in [0.25, 0.3) is 0 Å². The molecule has 0 spiro atoms. The summed E-state index contributed by atoms with van der Waals surface area (Å²) in [7, 11) is 0. The Labute approximate surface area is 207 Å². The van der Waals surface area contributed by atoms with Gasteiger partial charge in [-0.15, -0.1) is 0 Å². The molecule has 1 N–H and O–H groups in total. The highest BCUT2D eigenvalue weighted by Crippen LogP contribution is 2.44. The molecule has 2 aromatic heterocycles. The lowest BCUT2D eigenvalue weighted by atomic mass is 9.93. The molecule has 1 aromatic carbocycles. The predicted molar refractivity (Wildman–Crippen MR) is 129 cm³/mol. The van der Waals surface area contributed by atoms with Crippen molar-refractivity contribution in [2.24, 2.45) is 0 Å². The van der Waals surface area contributed by atoms with E-state index in [-0.39, 0.29) is 11.9 Å². The van der Waals surface area contributed by atoms with Crippen LogP contribution in [0.25, 0.3) is 17.2 Å². The summed E-state index contributed by atoms with van der Waals surface area (Å²) in [5.74, 6) is -0.617. The monoisotopic (exact) mass is 497 g/mol. The molecular weight excluding hydrogens is 468 g/mol. The minimum atomic E-state index is -0.918. The van der Waals surface area contributed by atoms with Gasteiger partial charge in [-0.1, -0.05) is 43.2 Å². The van der Waals surface area contributed by atoms with E-state index in [0.717, 1.165) is 19.3 Å². The molecule has 3 aliphatic rings. The Kier molecular flexibility index (Phi) is 5.97. The third-order valence-electron chi connectivity index (χ3n) is 7.07. The number of anilines is 1. The molecule has 36 heavy (non-hydrogen) atoms. The van der Waals surface area contributed by atoms with Gasteiger partial charge in [-0.25, -0.2) is 23.7 Å². The number of hydrogen-bond acceptors (Lipinski definition) is 7. The van der Waals surface area contributed by atoms with Gasteiger partial charge in [0.05, 0.1) is 12.4 Å². The van der Waals surface area contributed by atoms with E-state index in [2.05, 4.69) is 20.3 Å². The standard InChI is InChI=1S/C26H29F2N5O3/c1-26(2)35-21-19(12-11-15-7-3-4-8-16(15)27)34-25(22(21)36-26)33-14-31-20-23(29-13-30-24(20)33)32-18-10-6-5-9-17(18)28/h3-4,7-8,11-14,17-19,21-22,25H,5-6,9-10H2,1-2H3,(H,29,30,32). The van der Waals surface area contributed by atoms with E-state index in [1.807, 2.05) is 13.8 Å². The van der Waals surface area contributed by atoms with E-state index in [4.69, 9.17) is 14.2 Å². The van der Waals surface area contributed by atoms with Crippen molar-refractivity contribution in [3.05, 3.63) is 54.4 Å². The van der Waals surface area contributed by atoms with Crippen LogP contribution >= 0.6 is 0 Å². The number of fused-ring (bicyclic) bond motifs is 2. The Hall–Kier alpha value is -2.95. The SMILES string of the molecule is CC1(C)OC2C(C=Cc3ccccc3F)OC(n3cnc4c(NC5CCCCC5F)ncnc43)C2O1. The second-order valence-corrected chi connectivity index (χ2v) is 10.0. The summed E-state index contributed by atoms with van der Waals surface area (Å²) >= 11 is 0. The van der Waals surface area contributed by atoms with Crippen LogP contribution in [-0.2, 0) is 14.2 Å². The van der Waals surface area contributed by atoms with Crippen molar-refractivity contribution in [3.63, 3.8) is 0 Å². The minimum Gasteiger partial charge on any atom is -0.362 e. The van der Waals surface area contributed by atoms with Gasteiger partial charge >= 0.3 is 0 Å². The molecule has 1 saturated carbocycles. The average Bonchev–Trinajstić information content (AvgIpc) is 3.51. The second kappa shape index (κ2) is 9.17. The number of nitrogens with one attached hydrogen (secondary N) is 1. The Morgan fingerprint density at radius 1 is 1.08 bits per heavy atom. The largest absolute Gasteiger partial charge is 0.362 e. The van der Waals surface area contributed by atoms with Gasteiger partial charge in [0.2, 0.25) is 0 Å². The first kappa shape index (κ1) is 23.4. The fourth-order valence-electron chi connectivity index (χ4n) is 5.36. The molecule has 0 radical (unpaired) electrons. The Bertz CT molecular complexity index is 1280. The number of ether oxygens (including phenoxy) is 3. The molecule has 6 unspecified atom stereocenters. The quantitative estimate of drug-likeness (QED) is 0.543. The van der Waals surface area contributed by atoms with Crippen molar-refractivity contribution < 1.29 is 23.0 Å². The molecular formula is C26H29F2N5O3. The van der Waals surface area contributed by atoms with Crippen molar-refractivity contribution in [1.29, 1.82) is 0 Å². The van der Waals surface area contributed by atoms with Crippen molar-refractivity contribution in [1.82, 2.24) is 19.5 Å². The number of rotatable bonds is 5. The first-order chi connectivity index (χ1) is 17.4. The fraction of sp³-hybridized carbons (Fsp3) is 0.500. The third-order valence-corrected chi connectivity index (χ3v) is 7.07. The molecule has 2 saturated heterocycles. The molecule has 2 aliphatic heterocycles. The molecule has 8 nitrogen and oxygen atoms in total. The lowest BCUT2D eigenvalue weighted by Crippen LogP contribution is -2.34. The van der Waals surface area contributed by atoms with Crippen molar-refractivity contribution in [3.8, 4) is 0 Å². The van der Waals surface area contributed by atoms with Crippen LogP contribution in [0, 0.1) is 5.82 Å². The summed E-state index contributed by atoms with van der Waals surface area (Å²) in [6, 6.07) is 6.26. The zero-order valence-electron chi connectivity index (χ0n) is 20.2. The zero-order valence-corrected chi connectivity index (χ0v) is 20.2. The maximum absolute atomic E-state index is 14.5. The van der Waals surface area contributed by atoms with E-state index in [1.165, 1.54) is 12.4 Å². The first-order valence-electron chi connectivity index (χ1n) is 12.4. The summed E-state index contributed by atoms with van der Waals surface area (Å²) in [5, 5.41) is 3.24. The number of benzene rings is 1. The van der Waals surface area contributed by atoms with E-state index in [9.17, 15) is 8.78 Å². The maximum Gasteiger partial charge on any atom is 0.167 e. The first-order valence-corrected chi connectivity index (χ1v) is 12.4. The number of nitrogens with zero attached hydrogens (tertiary/aromatic N) is 4. The second-order valence-electron chi connectivity index (χ2n) is 10.0. The molecule has 4 heterocycles. The molecule has 6 atom stereocenters. The molecule has 6 rings (SSSR count). The molecule has 0 amide bonds. The highest BCUT2D eigenvalue weighted by Gasteiger charge is 2.55. The smallest absolute Gasteiger partial charge is 0.167 e. The normalized spacial score (nSPS) is 31.8. The molecule has 190 valence electrons. The molecule has 1 aliphatic carbocycles. The van der Waals surface area contributed by atoms with Gasteiger partial charge in [-0.3, -0.25) is 4.57 Å². The van der Waals surface area contributed by atoms with Crippen LogP contribution in [0.5, 0.6) is 0 Å². The van der Waals surface area contributed by atoms with Crippen molar-refractivity contribution >= 4 is 23.1 Å². The minimum absolute atomic E-state index is 0.297. The summed E-state index contributed by atoms with van der Waals surface area (Å²) in [6.07, 6.45) is 6.94. The number of halogens is 2. The topological polar surface area (TPSA) is 83.3 Å². The van der Waals surface area contributed by atoms with Gasteiger partial charge in [-0.2, -0.15) is 0 Å². The van der Waals surface area contributed by atoms with Gasteiger partial charge in [0.15, 0.2) is 29.0 Å². The van der Waals surface area contributed by atoms with Crippen molar-refractivity contribution in [2.45, 2.75) is 82.1 Å². The number of alkyl halides is 1. The number of imidazole rings is 1. The highest BCUT2D eigenvalue weighted by atomic mass is 19.1. The maximum atomic E-state index is 14.5. The van der Waals surface area contributed by atoms with Crippen LogP contribution in [0.1, 0.15) is 51.3 Å². The highest BCUT2D eigenvalue weighted by molar-refractivity contribution is 5.82. The van der Waals surface area contributed by atoms with E-state index < -0.39 is 36.5 Å². The summed E-state index contributed by atoms with van der Waals surface area (Å²) < 4.78 is 49.2. The summed E-state index contributed by atoms with van der Waals surface area (Å²) in [4.78, 5) is 13.3. The lowest BCUT2D eigenvalue weighted by molar-refractivity contribution is -0.191. The lowest BCUT2D eigenvalue weighted by Gasteiger charge is -2.27. The van der Waals surface area contributed by atoms with Gasteiger partial charge in [0, 0.05) is 5.56 Å². The van der Waals surface area contributed by atoms with Gasteiger partial charge in [0.1, 0.15) is 36.6 Å². The molecule has 3 aromatic rings. The van der Waals surface area contributed by atoms with Crippen LogP contribution in [-0.4, -0.2) is 55.8 Å². The average molecular weight is 498 g/mol. The van der Waals surface area contributed by atoms with Crippen LogP contribution in [0.15, 0.2) is 43.0 Å². The van der Waals surface area contributed by atoms with Crippen LogP contribution in [0.3, 0.4) is 0 Å². The Morgan fingerprint density at radius 2 is 1.89 bits per heavy atom. The van der Waals surface area contributed by atoms with Crippen LogP contribution in [0.4, 0.5) is 14.6 Å². The summed E-state index contributed by atoms with van der Waals surface area (Å²) in [5.41, 5.74) is 1.55. The van der Waals surface area contributed by atoms with E-state index in [0.29, 0.717) is 29.0 Å². The van der Waals surface area contributed by atoms with Crippen molar-refractivity contribution in [2.75, 3.05) is 5.32 Å². The molecule has 3 fully saturated rings. The molecule has 10 heteroatoms. The van der Waals surface area contributed by atoms with E-state index >= 15 is 0 Å². The fourth-order valence-corrected chi connectivity index (χ4v) is 5.36.